The maximum Gasteiger partial charge on any atom is 0.124 e. The van der Waals surface area contributed by atoms with Crippen molar-refractivity contribution in [3.63, 3.8) is 0 Å². The third kappa shape index (κ3) is 2.26. The van der Waals surface area contributed by atoms with Crippen LogP contribution in [-0.4, -0.2) is 31.1 Å². The van der Waals surface area contributed by atoms with Crippen LogP contribution >= 0.6 is 0 Å². The summed E-state index contributed by atoms with van der Waals surface area (Å²) >= 11 is 0. The van der Waals surface area contributed by atoms with Gasteiger partial charge >= 0.3 is 0 Å². The number of methoxy groups -OCH3 is 1. The summed E-state index contributed by atoms with van der Waals surface area (Å²) in [4.78, 5) is 2.57. The molecule has 1 saturated heterocycles. The van der Waals surface area contributed by atoms with Gasteiger partial charge in [-0.3, -0.25) is 4.90 Å². The SMILES string of the molecule is COc1c(C)cc(C2=CC3CCCC(C2)N3C)cc1C. The van der Waals surface area contributed by atoms with Crippen molar-refractivity contribution in [2.24, 2.45) is 0 Å². The van der Waals surface area contributed by atoms with Gasteiger partial charge in [0.25, 0.3) is 0 Å². The minimum atomic E-state index is 0.639. The highest BCUT2D eigenvalue weighted by Crippen LogP contribution is 2.37. The predicted molar refractivity (Wildman–Crippen MR) is 84.3 cm³/mol. The number of hydrogen-bond donors (Lipinski definition) is 0. The van der Waals surface area contributed by atoms with Crippen molar-refractivity contribution >= 4 is 5.57 Å². The molecule has 2 heteroatoms. The normalized spacial score (nSPS) is 26.3. The van der Waals surface area contributed by atoms with Gasteiger partial charge in [-0.1, -0.05) is 12.5 Å². The van der Waals surface area contributed by atoms with Crippen LogP contribution in [0, 0.1) is 13.8 Å². The van der Waals surface area contributed by atoms with Crippen LogP contribution in [0.5, 0.6) is 5.75 Å². The molecule has 0 saturated carbocycles. The van der Waals surface area contributed by atoms with E-state index in [0.29, 0.717) is 6.04 Å². The Morgan fingerprint density at radius 3 is 2.45 bits per heavy atom. The fourth-order valence-corrected chi connectivity index (χ4v) is 3.91. The molecule has 1 aromatic carbocycles. The molecule has 108 valence electrons. The van der Waals surface area contributed by atoms with Crippen molar-refractivity contribution in [2.75, 3.05) is 14.2 Å². The van der Waals surface area contributed by atoms with Gasteiger partial charge in [0.15, 0.2) is 0 Å². The summed E-state index contributed by atoms with van der Waals surface area (Å²) in [6.07, 6.45) is 7.72. The molecule has 20 heavy (non-hydrogen) atoms. The number of rotatable bonds is 2. The average molecular weight is 271 g/mol. The van der Waals surface area contributed by atoms with Crippen LogP contribution < -0.4 is 4.74 Å². The van der Waals surface area contributed by atoms with Crippen LogP contribution in [0.2, 0.25) is 0 Å². The molecule has 0 aliphatic carbocycles. The summed E-state index contributed by atoms with van der Waals surface area (Å²) in [7, 11) is 4.04. The van der Waals surface area contributed by atoms with Crippen LogP contribution in [0.15, 0.2) is 18.2 Å². The second-order valence-electron chi connectivity index (χ2n) is 6.36. The minimum absolute atomic E-state index is 0.639. The summed E-state index contributed by atoms with van der Waals surface area (Å²) in [5.74, 6) is 1.03. The maximum atomic E-state index is 5.48. The Morgan fingerprint density at radius 2 is 1.85 bits per heavy atom. The van der Waals surface area contributed by atoms with Crippen molar-refractivity contribution in [2.45, 2.75) is 51.6 Å². The lowest BCUT2D eigenvalue weighted by atomic mass is 9.82. The van der Waals surface area contributed by atoms with Gasteiger partial charge in [0, 0.05) is 12.1 Å². The molecule has 0 spiro atoms. The Labute approximate surface area is 122 Å². The van der Waals surface area contributed by atoms with E-state index in [4.69, 9.17) is 4.74 Å². The monoisotopic (exact) mass is 271 g/mol. The van der Waals surface area contributed by atoms with E-state index >= 15 is 0 Å². The number of nitrogens with zero attached hydrogens (tertiary/aromatic N) is 1. The highest BCUT2D eigenvalue weighted by atomic mass is 16.5. The van der Waals surface area contributed by atoms with E-state index in [-0.39, 0.29) is 0 Å². The fourth-order valence-electron chi connectivity index (χ4n) is 3.91. The zero-order valence-electron chi connectivity index (χ0n) is 13.1. The van der Waals surface area contributed by atoms with E-state index in [1.165, 1.54) is 47.9 Å². The molecule has 2 aliphatic heterocycles. The first-order valence-corrected chi connectivity index (χ1v) is 7.68. The first-order chi connectivity index (χ1) is 9.60. The Balaban J connectivity index is 1.98. The van der Waals surface area contributed by atoms with Gasteiger partial charge in [-0.2, -0.15) is 0 Å². The van der Waals surface area contributed by atoms with E-state index in [1.807, 2.05) is 0 Å². The number of hydrogen-bond acceptors (Lipinski definition) is 2. The van der Waals surface area contributed by atoms with Crippen molar-refractivity contribution in [1.29, 1.82) is 0 Å². The molecule has 2 atom stereocenters. The largest absolute Gasteiger partial charge is 0.496 e. The van der Waals surface area contributed by atoms with Gasteiger partial charge in [0.2, 0.25) is 0 Å². The van der Waals surface area contributed by atoms with E-state index < -0.39 is 0 Å². The molecule has 1 fully saturated rings. The Morgan fingerprint density at radius 1 is 1.15 bits per heavy atom. The number of fused-ring (bicyclic) bond motifs is 2. The summed E-state index contributed by atoms with van der Waals surface area (Å²) in [6.45, 7) is 4.29. The van der Waals surface area contributed by atoms with E-state index in [1.54, 1.807) is 7.11 Å². The average Bonchev–Trinajstić information content (AvgIpc) is 2.37. The van der Waals surface area contributed by atoms with Crippen LogP contribution in [0.25, 0.3) is 5.57 Å². The second kappa shape index (κ2) is 5.25. The zero-order chi connectivity index (χ0) is 14.3. The van der Waals surface area contributed by atoms with Gasteiger partial charge in [0.05, 0.1) is 7.11 Å². The molecule has 2 aliphatic rings. The lowest BCUT2D eigenvalue weighted by Crippen LogP contribution is -2.45. The van der Waals surface area contributed by atoms with Gasteiger partial charge in [0.1, 0.15) is 5.75 Å². The third-order valence-electron chi connectivity index (χ3n) is 5.02. The highest BCUT2D eigenvalue weighted by molar-refractivity contribution is 5.70. The van der Waals surface area contributed by atoms with Crippen molar-refractivity contribution in [3.8, 4) is 5.75 Å². The summed E-state index contributed by atoms with van der Waals surface area (Å²) < 4.78 is 5.48. The predicted octanol–water partition coefficient (Wildman–Crippen LogP) is 3.95. The van der Waals surface area contributed by atoms with Crippen LogP contribution in [0.4, 0.5) is 0 Å². The maximum absolute atomic E-state index is 5.48. The van der Waals surface area contributed by atoms with Crippen molar-refractivity contribution in [3.05, 3.63) is 34.9 Å². The number of ether oxygens (including phenoxy) is 1. The summed E-state index contributed by atoms with van der Waals surface area (Å²) in [5, 5.41) is 0. The molecule has 2 nitrogen and oxygen atoms in total. The van der Waals surface area contributed by atoms with E-state index in [9.17, 15) is 0 Å². The molecule has 0 radical (unpaired) electrons. The topological polar surface area (TPSA) is 12.5 Å². The first-order valence-electron chi connectivity index (χ1n) is 7.68. The zero-order valence-corrected chi connectivity index (χ0v) is 13.1. The third-order valence-corrected chi connectivity index (χ3v) is 5.02. The van der Waals surface area contributed by atoms with E-state index in [2.05, 4.69) is 44.0 Å². The van der Waals surface area contributed by atoms with Gasteiger partial charge < -0.3 is 4.74 Å². The number of aryl methyl sites for hydroxylation is 2. The molecule has 0 amide bonds. The first kappa shape index (κ1) is 13.7. The Kier molecular flexibility index (Phi) is 3.59. The molecule has 0 N–H and O–H groups in total. The molecule has 2 unspecified atom stereocenters. The van der Waals surface area contributed by atoms with E-state index in [0.717, 1.165) is 11.8 Å². The summed E-state index contributed by atoms with van der Waals surface area (Å²) in [5.41, 5.74) is 5.41. The number of piperidine rings is 1. The van der Waals surface area contributed by atoms with Crippen molar-refractivity contribution < 1.29 is 4.74 Å². The van der Waals surface area contributed by atoms with Gasteiger partial charge in [-0.05, 0) is 74.6 Å². The van der Waals surface area contributed by atoms with Crippen LogP contribution in [-0.2, 0) is 0 Å². The fraction of sp³-hybridized carbons (Fsp3) is 0.556. The molecule has 1 aromatic rings. The molecular weight excluding hydrogens is 246 g/mol. The Hall–Kier alpha value is -1.28. The molecule has 0 aromatic heterocycles. The molecule has 2 heterocycles. The standard InChI is InChI=1S/C18H25NO/c1-12-8-14(9-13(2)18(12)20-4)15-10-16-6-5-7-17(11-15)19(16)3/h8-10,16-17H,5-7,11H2,1-4H3. The smallest absolute Gasteiger partial charge is 0.124 e. The molecule has 3 rings (SSSR count). The van der Waals surface area contributed by atoms with Crippen LogP contribution in [0.3, 0.4) is 0 Å². The number of benzene rings is 1. The lowest BCUT2D eigenvalue weighted by Gasteiger charge is -2.43. The lowest BCUT2D eigenvalue weighted by molar-refractivity contribution is 0.137. The highest BCUT2D eigenvalue weighted by Gasteiger charge is 2.31. The second-order valence-corrected chi connectivity index (χ2v) is 6.36. The molecule has 2 bridgehead atoms. The summed E-state index contributed by atoms with van der Waals surface area (Å²) in [6, 6.07) is 5.95. The Bertz CT molecular complexity index is 523. The quantitative estimate of drug-likeness (QED) is 0.807. The van der Waals surface area contributed by atoms with Crippen LogP contribution in [0.1, 0.15) is 42.4 Å². The minimum Gasteiger partial charge on any atom is -0.496 e. The van der Waals surface area contributed by atoms with Gasteiger partial charge in [-0.25, -0.2) is 0 Å². The van der Waals surface area contributed by atoms with Crippen molar-refractivity contribution in [1.82, 2.24) is 4.90 Å². The molecular formula is C18H25NO. The number of likely N-dealkylation sites (N-methyl/N-ethyl adjacent to an activating group) is 1. The van der Waals surface area contributed by atoms with Gasteiger partial charge in [-0.15, -0.1) is 0 Å².